The average Bonchev–Trinajstić information content (AvgIpc) is 2.11. The molecule has 2 rings (SSSR count). The number of phenolic OH excluding ortho intramolecular Hbond substituents is 1. The molecule has 2 N–H and O–H groups in total. The molecule has 0 amide bonds. The second-order valence-electron chi connectivity index (χ2n) is 4.34. The summed E-state index contributed by atoms with van der Waals surface area (Å²) in [7, 11) is 0. The summed E-state index contributed by atoms with van der Waals surface area (Å²) in [6.07, 6.45) is 2.13. The van der Waals surface area contributed by atoms with Gasteiger partial charge in [0.2, 0.25) is 0 Å². The molecule has 0 spiro atoms. The van der Waals surface area contributed by atoms with Crippen molar-refractivity contribution in [3.63, 3.8) is 0 Å². The molecule has 0 aliphatic heterocycles. The van der Waals surface area contributed by atoms with Crippen molar-refractivity contribution >= 4 is 17.6 Å². The molecular formula is C12H13ClO3. The summed E-state index contributed by atoms with van der Waals surface area (Å²) in [5, 5.41) is 19.4. The first-order valence-electron chi connectivity index (χ1n) is 5.20. The van der Waals surface area contributed by atoms with Crippen LogP contribution in [-0.2, 0) is 10.2 Å². The lowest BCUT2D eigenvalue weighted by atomic mass is 9.64. The van der Waals surface area contributed by atoms with Gasteiger partial charge in [-0.1, -0.05) is 18.0 Å². The van der Waals surface area contributed by atoms with Gasteiger partial charge in [0.05, 0.1) is 5.41 Å². The van der Waals surface area contributed by atoms with Gasteiger partial charge >= 0.3 is 5.97 Å². The number of hydrogen-bond acceptors (Lipinski definition) is 2. The topological polar surface area (TPSA) is 57.5 Å². The highest BCUT2D eigenvalue weighted by Gasteiger charge is 2.46. The van der Waals surface area contributed by atoms with E-state index >= 15 is 0 Å². The normalized spacial score (nSPS) is 17.9. The molecule has 0 unspecified atom stereocenters. The molecule has 1 aliphatic carbocycles. The molecule has 4 heteroatoms. The summed E-state index contributed by atoms with van der Waals surface area (Å²) in [5.41, 5.74) is 0.360. The minimum absolute atomic E-state index is 0.0648. The second-order valence-corrected chi connectivity index (χ2v) is 4.75. The van der Waals surface area contributed by atoms with Gasteiger partial charge in [-0.05, 0) is 37.5 Å². The third-order valence-electron chi connectivity index (χ3n) is 3.49. The van der Waals surface area contributed by atoms with Gasteiger partial charge in [-0.15, -0.1) is 0 Å². The Hall–Kier alpha value is -1.22. The molecule has 1 aromatic carbocycles. The lowest BCUT2D eigenvalue weighted by Crippen LogP contribution is -2.42. The standard InChI is InChI=1S/C12H13ClO3/c1-7-9(13)5-8(6-10(7)14)12(11(15)16)3-2-4-12/h5-6,14H,2-4H2,1H3,(H,15,16). The van der Waals surface area contributed by atoms with Crippen molar-refractivity contribution in [2.45, 2.75) is 31.6 Å². The number of rotatable bonds is 2. The van der Waals surface area contributed by atoms with E-state index < -0.39 is 11.4 Å². The Morgan fingerprint density at radius 3 is 2.44 bits per heavy atom. The molecule has 86 valence electrons. The summed E-state index contributed by atoms with van der Waals surface area (Å²) < 4.78 is 0. The summed E-state index contributed by atoms with van der Waals surface area (Å²) in [6.45, 7) is 1.70. The van der Waals surface area contributed by atoms with Crippen LogP contribution in [0.4, 0.5) is 0 Å². The Bertz CT molecular complexity index is 427. The Labute approximate surface area is 98.7 Å². The lowest BCUT2D eigenvalue weighted by Gasteiger charge is -2.38. The number of phenols is 1. The van der Waals surface area contributed by atoms with Crippen LogP contribution in [0, 0.1) is 6.92 Å². The van der Waals surface area contributed by atoms with Gasteiger partial charge in [0.15, 0.2) is 0 Å². The smallest absolute Gasteiger partial charge is 0.314 e. The van der Waals surface area contributed by atoms with Gasteiger partial charge in [-0.25, -0.2) is 0 Å². The molecule has 1 fully saturated rings. The fourth-order valence-electron chi connectivity index (χ4n) is 2.10. The Kier molecular flexibility index (Phi) is 2.58. The average molecular weight is 241 g/mol. The first kappa shape index (κ1) is 11.3. The van der Waals surface area contributed by atoms with E-state index in [2.05, 4.69) is 0 Å². The van der Waals surface area contributed by atoms with Crippen molar-refractivity contribution in [2.75, 3.05) is 0 Å². The van der Waals surface area contributed by atoms with Crippen molar-refractivity contribution in [2.24, 2.45) is 0 Å². The summed E-state index contributed by atoms with van der Waals surface area (Å²) >= 11 is 5.96. The van der Waals surface area contributed by atoms with Crippen LogP contribution in [0.25, 0.3) is 0 Å². The van der Waals surface area contributed by atoms with Crippen molar-refractivity contribution in [1.82, 2.24) is 0 Å². The van der Waals surface area contributed by atoms with Gasteiger partial charge in [-0.2, -0.15) is 0 Å². The fraction of sp³-hybridized carbons (Fsp3) is 0.417. The number of hydrogen-bond donors (Lipinski definition) is 2. The summed E-state index contributed by atoms with van der Waals surface area (Å²) in [4.78, 5) is 11.3. The maximum absolute atomic E-state index is 11.3. The number of carboxylic acids is 1. The van der Waals surface area contributed by atoms with E-state index in [0.717, 1.165) is 6.42 Å². The first-order chi connectivity index (χ1) is 7.47. The zero-order valence-electron chi connectivity index (χ0n) is 8.96. The summed E-state index contributed by atoms with van der Waals surface area (Å²) in [6, 6.07) is 3.18. The molecule has 1 aliphatic rings. The molecule has 0 aromatic heterocycles. The molecule has 1 saturated carbocycles. The van der Waals surface area contributed by atoms with Crippen molar-refractivity contribution in [3.8, 4) is 5.75 Å². The molecule has 1 aromatic rings. The maximum atomic E-state index is 11.3. The molecule has 3 nitrogen and oxygen atoms in total. The lowest BCUT2D eigenvalue weighted by molar-refractivity contribution is -0.147. The SMILES string of the molecule is Cc1c(O)cc(C2(C(=O)O)CCC2)cc1Cl. The van der Waals surface area contributed by atoms with Crippen LogP contribution in [0.5, 0.6) is 5.75 Å². The molecule has 0 heterocycles. The Morgan fingerprint density at radius 1 is 1.44 bits per heavy atom. The predicted molar refractivity (Wildman–Crippen MR) is 61.0 cm³/mol. The van der Waals surface area contributed by atoms with Gasteiger partial charge < -0.3 is 10.2 Å². The maximum Gasteiger partial charge on any atom is 0.314 e. The zero-order chi connectivity index (χ0) is 11.9. The monoisotopic (exact) mass is 240 g/mol. The highest BCUT2D eigenvalue weighted by Crippen LogP contribution is 2.46. The highest BCUT2D eigenvalue weighted by atomic mass is 35.5. The van der Waals surface area contributed by atoms with Crippen LogP contribution >= 0.6 is 11.6 Å². The predicted octanol–water partition coefficient (Wildman–Crippen LogP) is 2.86. The number of aliphatic carboxylic acids is 1. The number of halogens is 1. The van der Waals surface area contributed by atoms with Gasteiger partial charge in [0.1, 0.15) is 5.75 Å². The fourth-order valence-corrected chi connectivity index (χ4v) is 2.31. The van der Waals surface area contributed by atoms with E-state index in [1.165, 1.54) is 6.07 Å². The first-order valence-corrected chi connectivity index (χ1v) is 5.58. The largest absolute Gasteiger partial charge is 0.508 e. The van der Waals surface area contributed by atoms with Crippen LogP contribution in [0.2, 0.25) is 5.02 Å². The van der Waals surface area contributed by atoms with Gasteiger partial charge in [0, 0.05) is 10.6 Å². The molecular weight excluding hydrogens is 228 g/mol. The van der Waals surface area contributed by atoms with E-state index in [0.29, 0.717) is 29.0 Å². The molecule has 16 heavy (non-hydrogen) atoms. The van der Waals surface area contributed by atoms with Crippen molar-refractivity contribution in [1.29, 1.82) is 0 Å². The van der Waals surface area contributed by atoms with Gasteiger partial charge in [-0.3, -0.25) is 4.79 Å². The Morgan fingerprint density at radius 2 is 2.06 bits per heavy atom. The van der Waals surface area contributed by atoms with Crippen molar-refractivity contribution in [3.05, 3.63) is 28.3 Å². The molecule has 0 bridgehead atoms. The molecule has 0 atom stereocenters. The van der Waals surface area contributed by atoms with E-state index in [1.54, 1.807) is 13.0 Å². The zero-order valence-corrected chi connectivity index (χ0v) is 9.71. The summed E-state index contributed by atoms with van der Waals surface area (Å²) in [5.74, 6) is -0.770. The molecule has 0 radical (unpaired) electrons. The van der Waals surface area contributed by atoms with E-state index in [1.807, 2.05) is 0 Å². The third-order valence-corrected chi connectivity index (χ3v) is 3.88. The highest BCUT2D eigenvalue weighted by molar-refractivity contribution is 6.31. The number of carbonyl (C=O) groups is 1. The van der Waals surface area contributed by atoms with Gasteiger partial charge in [0.25, 0.3) is 0 Å². The van der Waals surface area contributed by atoms with Crippen LogP contribution in [-0.4, -0.2) is 16.2 Å². The van der Waals surface area contributed by atoms with Crippen LogP contribution in [0.15, 0.2) is 12.1 Å². The van der Waals surface area contributed by atoms with Crippen LogP contribution in [0.1, 0.15) is 30.4 Å². The van der Waals surface area contributed by atoms with E-state index in [-0.39, 0.29) is 5.75 Å². The number of aromatic hydroxyl groups is 1. The number of benzene rings is 1. The third kappa shape index (κ3) is 1.47. The minimum atomic E-state index is -0.838. The van der Waals surface area contributed by atoms with Crippen LogP contribution in [0.3, 0.4) is 0 Å². The van der Waals surface area contributed by atoms with E-state index in [4.69, 9.17) is 11.6 Å². The second kappa shape index (κ2) is 3.67. The Balaban J connectivity index is 2.52. The quantitative estimate of drug-likeness (QED) is 0.836. The van der Waals surface area contributed by atoms with Crippen molar-refractivity contribution < 1.29 is 15.0 Å². The van der Waals surface area contributed by atoms with Crippen LogP contribution < -0.4 is 0 Å². The minimum Gasteiger partial charge on any atom is -0.508 e. The number of carboxylic acid groups (broad SMARTS) is 1. The molecule has 0 saturated heterocycles. The van der Waals surface area contributed by atoms with E-state index in [9.17, 15) is 15.0 Å².